The molecule has 0 spiro atoms. The minimum atomic E-state index is -0.243. The van der Waals surface area contributed by atoms with Crippen LogP contribution in [0.15, 0.2) is 117 Å². The molecular weight excluding hydrogens is 533 g/mol. The minimum Gasteiger partial charge on any atom is -0.0795 e. The molecule has 6 rings (SSSR count). The van der Waals surface area contributed by atoms with Crippen LogP contribution in [-0.2, 0) is 0 Å². The number of fused-ring (bicyclic) bond motifs is 2. The fraction of sp³-hybridized carbons (Fsp3) is 0.333. The van der Waals surface area contributed by atoms with Gasteiger partial charge in [-0.2, -0.15) is 0 Å². The third kappa shape index (κ3) is 4.13. The monoisotopic (exact) mass is 572 g/mol. The molecule has 2 unspecified atom stereocenters. The SMILES string of the molecule is CCC1=CC2C(=C(CC)C(C(C)(C)C3=C(c4ccccc4)C4C=C(CC)C(=S)C4=C3CC)=C2c2ccccc2)C1=S. The smallest absolute Gasteiger partial charge is 0.0450 e. The quantitative estimate of drug-likeness (QED) is 0.289. The molecule has 0 saturated carbocycles. The van der Waals surface area contributed by atoms with Crippen molar-refractivity contribution in [3.8, 4) is 0 Å². The maximum Gasteiger partial charge on any atom is 0.0450 e. The van der Waals surface area contributed by atoms with Gasteiger partial charge in [0.25, 0.3) is 0 Å². The average Bonchev–Trinajstić information content (AvgIpc) is 3.70. The molecule has 2 aromatic carbocycles. The number of hydrogen-bond acceptors (Lipinski definition) is 2. The van der Waals surface area contributed by atoms with Gasteiger partial charge in [0.05, 0.1) is 0 Å². The lowest BCUT2D eigenvalue weighted by Gasteiger charge is -2.35. The highest BCUT2D eigenvalue weighted by molar-refractivity contribution is 7.81. The lowest BCUT2D eigenvalue weighted by Crippen LogP contribution is -2.22. The summed E-state index contributed by atoms with van der Waals surface area (Å²) in [6, 6.07) is 22.1. The molecule has 0 fully saturated rings. The molecule has 2 atom stereocenters. The highest BCUT2D eigenvalue weighted by Crippen LogP contribution is 2.62. The van der Waals surface area contributed by atoms with Gasteiger partial charge in [-0.25, -0.2) is 0 Å². The first-order valence-corrected chi connectivity index (χ1v) is 16.2. The minimum absolute atomic E-state index is 0.233. The van der Waals surface area contributed by atoms with Crippen molar-refractivity contribution in [1.82, 2.24) is 0 Å². The summed E-state index contributed by atoms with van der Waals surface area (Å²) in [5, 5.41) is 0. The normalized spacial score (nSPS) is 22.3. The summed E-state index contributed by atoms with van der Waals surface area (Å²) in [7, 11) is 0. The van der Waals surface area contributed by atoms with Gasteiger partial charge in [-0.05, 0) is 92.5 Å². The zero-order valence-electron chi connectivity index (χ0n) is 25.2. The molecule has 0 aromatic heterocycles. The summed E-state index contributed by atoms with van der Waals surface area (Å²) >= 11 is 12.4. The van der Waals surface area contributed by atoms with E-state index in [4.69, 9.17) is 24.4 Å². The number of rotatable bonds is 8. The van der Waals surface area contributed by atoms with E-state index in [1.54, 1.807) is 0 Å². The van der Waals surface area contributed by atoms with E-state index in [2.05, 4.69) is 114 Å². The van der Waals surface area contributed by atoms with Crippen molar-refractivity contribution in [1.29, 1.82) is 0 Å². The molecular formula is C39H40S2. The maximum atomic E-state index is 6.19. The molecule has 0 amide bonds. The van der Waals surface area contributed by atoms with E-state index in [1.165, 1.54) is 66.9 Å². The van der Waals surface area contributed by atoms with Gasteiger partial charge >= 0.3 is 0 Å². The van der Waals surface area contributed by atoms with Gasteiger partial charge in [0.15, 0.2) is 0 Å². The number of hydrogen-bond donors (Lipinski definition) is 0. The van der Waals surface area contributed by atoms with Crippen LogP contribution in [0.25, 0.3) is 11.1 Å². The number of thiocarbonyl (C=S) groups is 2. The highest BCUT2D eigenvalue weighted by atomic mass is 32.1. The van der Waals surface area contributed by atoms with E-state index < -0.39 is 0 Å². The second kappa shape index (κ2) is 10.7. The van der Waals surface area contributed by atoms with Crippen molar-refractivity contribution in [3.05, 3.63) is 129 Å². The van der Waals surface area contributed by atoms with E-state index in [0.717, 1.165) is 35.4 Å². The van der Waals surface area contributed by atoms with Gasteiger partial charge < -0.3 is 0 Å². The molecule has 4 aliphatic rings. The highest BCUT2D eigenvalue weighted by Gasteiger charge is 2.49. The Morgan fingerprint density at radius 1 is 0.537 bits per heavy atom. The maximum absolute atomic E-state index is 6.19. The predicted molar refractivity (Wildman–Crippen MR) is 184 cm³/mol. The van der Waals surface area contributed by atoms with Crippen molar-refractivity contribution >= 4 is 45.3 Å². The van der Waals surface area contributed by atoms with Crippen molar-refractivity contribution in [2.24, 2.45) is 17.3 Å². The summed E-state index contributed by atoms with van der Waals surface area (Å²) in [6.07, 6.45) is 8.85. The third-order valence-electron chi connectivity index (χ3n) is 9.73. The molecule has 208 valence electrons. The van der Waals surface area contributed by atoms with Crippen molar-refractivity contribution in [2.45, 2.75) is 67.2 Å². The van der Waals surface area contributed by atoms with Gasteiger partial charge in [0, 0.05) is 27.0 Å². The molecule has 2 aromatic rings. The molecule has 0 heterocycles. The van der Waals surface area contributed by atoms with Gasteiger partial charge in [-0.3, -0.25) is 0 Å². The molecule has 0 bridgehead atoms. The number of benzene rings is 2. The van der Waals surface area contributed by atoms with Gasteiger partial charge in [-0.15, -0.1) is 0 Å². The van der Waals surface area contributed by atoms with E-state index in [9.17, 15) is 0 Å². The molecule has 41 heavy (non-hydrogen) atoms. The Hall–Kier alpha value is -2.94. The summed E-state index contributed by atoms with van der Waals surface area (Å²) in [6.45, 7) is 14.0. The Bertz CT molecular complexity index is 1520. The largest absolute Gasteiger partial charge is 0.0795 e. The van der Waals surface area contributed by atoms with E-state index in [-0.39, 0.29) is 17.3 Å². The molecule has 0 nitrogen and oxygen atoms in total. The van der Waals surface area contributed by atoms with Crippen LogP contribution >= 0.6 is 24.4 Å². The Balaban J connectivity index is 1.69. The third-order valence-corrected chi connectivity index (χ3v) is 10.7. The molecule has 0 aliphatic heterocycles. The van der Waals surface area contributed by atoms with Gasteiger partial charge in [-0.1, -0.05) is 139 Å². The van der Waals surface area contributed by atoms with Crippen LogP contribution < -0.4 is 0 Å². The summed E-state index contributed by atoms with van der Waals surface area (Å²) < 4.78 is 0. The standard InChI is InChI=1S/C39H40S2/c1-7-23-21-29-31(25-17-13-11-14-18-25)35(27(9-3)33(29)37(23)40)39(5,6)36-28(10-4)34-30(22-24(8-2)38(34)41)32(36)26-19-15-12-16-20-26/h11-22,29-30H,7-10H2,1-6H3. The first-order valence-electron chi connectivity index (χ1n) is 15.4. The Morgan fingerprint density at radius 2 is 0.902 bits per heavy atom. The van der Waals surface area contributed by atoms with Crippen molar-refractivity contribution < 1.29 is 0 Å². The molecule has 0 saturated heterocycles. The Morgan fingerprint density at radius 3 is 1.22 bits per heavy atom. The lowest BCUT2D eigenvalue weighted by atomic mass is 9.68. The van der Waals surface area contributed by atoms with Crippen LogP contribution in [0.5, 0.6) is 0 Å². The topological polar surface area (TPSA) is 0 Å². The van der Waals surface area contributed by atoms with E-state index in [1.807, 2.05) is 0 Å². The van der Waals surface area contributed by atoms with Crippen LogP contribution in [-0.4, -0.2) is 9.73 Å². The summed E-state index contributed by atoms with van der Waals surface area (Å²) in [4.78, 5) is 2.17. The zero-order chi connectivity index (χ0) is 29.1. The fourth-order valence-electron chi connectivity index (χ4n) is 8.09. The average molecular weight is 573 g/mol. The first kappa shape index (κ1) is 28.2. The molecule has 2 heteroatoms. The summed E-state index contributed by atoms with van der Waals surface area (Å²) in [5.74, 6) is 0.465. The van der Waals surface area contributed by atoms with Crippen molar-refractivity contribution in [3.63, 3.8) is 0 Å². The zero-order valence-corrected chi connectivity index (χ0v) is 26.9. The number of allylic oxidation sites excluding steroid dienone is 12. The Labute approximate surface area is 257 Å². The van der Waals surface area contributed by atoms with E-state index in [0.29, 0.717) is 0 Å². The molecule has 4 aliphatic carbocycles. The van der Waals surface area contributed by atoms with Gasteiger partial charge in [0.2, 0.25) is 0 Å². The second-order valence-electron chi connectivity index (χ2n) is 12.1. The lowest BCUT2D eigenvalue weighted by molar-refractivity contribution is 0.551. The molecule has 0 radical (unpaired) electrons. The van der Waals surface area contributed by atoms with Crippen LogP contribution in [0.3, 0.4) is 0 Å². The van der Waals surface area contributed by atoms with Gasteiger partial charge in [0.1, 0.15) is 0 Å². The van der Waals surface area contributed by atoms with Crippen LogP contribution in [0.1, 0.15) is 78.4 Å². The van der Waals surface area contributed by atoms with Crippen LogP contribution in [0.2, 0.25) is 0 Å². The van der Waals surface area contributed by atoms with Crippen LogP contribution in [0.4, 0.5) is 0 Å². The Kier molecular flexibility index (Phi) is 7.37. The second-order valence-corrected chi connectivity index (χ2v) is 12.9. The predicted octanol–water partition coefficient (Wildman–Crippen LogP) is 11.0. The van der Waals surface area contributed by atoms with Crippen LogP contribution in [0, 0.1) is 17.3 Å². The molecule has 0 N–H and O–H groups in total. The fourth-order valence-corrected chi connectivity index (χ4v) is 9.01. The van der Waals surface area contributed by atoms with E-state index >= 15 is 0 Å². The van der Waals surface area contributed by atoms with Crippen molar-refractivity contribution in [2.75, 3.05) is 0 Å². The first-order chi connectivity index (χ1) is 19.8. The summed E-state index contributed by atoms with van der Waals surface area (Å²) in [5.41, 5.74) is 16.5.